The van der Waals surface area contributed by atoms with Crippen LogP contribution in [0.4, 0.5) is 0 Å². The van der Waals surface area contributed by atoms with Crippen LogP contribution in [0.15, 0.2) is 29.0 Å². The number of aryl methyl sites for hydroxylation is 1. The van der Waals surface area contributed by atoms with Crippen LogP contribution in [-0.2, 0) is 11.3 Å². The number of ether oxygens (including phenoxy) is 1. The molecule has 6 nitrogen and oxygen atoms in total. The van der Waals surface area contributed by atoms with E-state index in [4.69, 9.17) is 9.26 Å². The Balaban J connectivity index is 1.69. The van der Waals surface area contributed by atoms with Gasteiger partial charge in [0.25, 0.3) is 0 Å². The van der Waals surface area contributed by atoms with Crippen LogP contribution in [0.1, 0.15) is 31.6 Å². The maximum atomic E-state index is 5.41. The molecule has 6 heteroatoms. The van der Waals surface area contributed by atoms with Gasteiger partial charge in [0.15, 0.2) is 0 Å². The Morgan fingerprint density at radius 1 is 1.36 bits per heavy atom. The molecule has 4 rings (SSSR count). The van der Waals surface area contributed by atoms with Gasteiger partial charge in [0.2, 0.25) is 11.7 Å². The van der Waals surface area contributed by atoms with Crippen LogP contribution in [0.25, 0.3) is 22.4 Å². The first-order valence-corrected chi connectivity index (χ1v) is 7.72. The van der Waals surface area contributed by atoms with E-state index < -0.39 is 0 Å². The van der Waals surface area contributed by atoms with Gasteiger partial charge in [0.1, 0.15) is 0 Å². The molecule has 0 amide bonds. The van der Waals surface area contributed by atoms with E-state index in [0.717, 1.165) is 42.6 Å². The molecule has 2 aromatic heterocycles. The summed E-state index contributed by atoms with van der Waals surface area (Å²) in [6.07, 6.45) is 3.91. The van der Waals surface area contributed by atoms with Crippen LogP contribution >= 0.6 is 0 Å². The van der Waals surface area contributed by atoms with Crippen LogP contribution in [0, 0.1) is 0 Å². The van der Waals surface area contributed by atoms with Crippen molar-refractivity contribution in [1.82, 2.24) is 19.7 Å². The quantitative estimate of drug-likeness (QED) is 0.740. The Labute approximate surface area is 128 Å². The lowest BCUT2D eigenvalue weighted by atomic mass is 10.1. The molecule has 0 bridgehead atoms. The number of benzene rings is 1. The average Bonchev–Trinajstić information content (AvgIpc) is 3.28. The third-order valence-electron chi connectivity index (χ3n) is 4.06. The average molecular weight is 298 g/mol. The molecule has 1 fully saturated rings. The molecular weight excluding hydrogens is 280 g/mol. The Morgan fingerprint density at radius 2 is 2.32 bits per heavy atom. The zero-order valence-electron chi connectivity index (χ0n) is 12.5. The molecule has 3 aromatic rings. The van der Waals surface area contributed by atoms with Gasteiger partial charge in [-0.2, -0.15) is 4.98 Å². The standard InChI is InChI=1S/C16H18N4O2/c1-2-6-20-10-17-13-4-3-11(8-14(13)20)15-18-16(22-19-15)12-5-7-21-9-12/h3-4,8,10,12H,2,5-7,9H2,1H3/t12-/m0/s1. The number of rotatable bonds is 4. The third kappa shape index (κ3) is 2.29. The lowest BCUT2D eigenvalue weighted by molar-refractivity contribution is 0.189. The minimum atomic E-state index is 0.232. The van der Waals surface area contributed by atoms with Crippen molar-refractivity contribution in [2.24, 2.45) is 0 Å². The van der Waals surface area contributed by atoms with Gasteiger partial charge in [-0.15, -0.1) is 0 Å². The molecule has 0 N–H and O–H groups in total. The molecular formula is C16H18N4O2. The molecule has 3 heterocycles. The van der Waals surface area contributed by atoms with Gasteiger partial charge >= 0.3 is 0 Å². The van der Waals surface area contributed by atoms with Crippen molar-refractivity contribution in [3.05, 3.63) is 30.4 Å². The van der Waals surface area contributed by atoms with Gasteiger partial charge in [0, 0.05) is 18.7 Å². The second-order valence-corrected chi connectivity index (χ2v) is 5.66. The van der Waals surface area contributed by atoms with E-state index in [1.807, 2.05) is 18.5 Å². The van der Waals surface area contributed by atoms with E-state index in [9.17, 15) is 0 Å². The predicted octanol–water partition coefficient (Wildman–Crippen LogP) is 3.00. The van der Waals surface area contributed by atoms with E-state index in [1.165, 1.54) is 0 Å². The fourth-order valence-corrected chi connectivity index (χ4v) is 2.86. The molecule has 22 heavy (non-hydrogen) atoms. The Bertz CT molecular complexity index is 786. The van der Waals surface area contributed by atoms with E-state index in [-0.39, 0.29) is 5.92 Å². The number of aromatic nitrogens is 4. The van der Waals surface area contributed by atoms with Crippen LogP contribution < -0.4 is 0 Å². The molecule has 1 atom stereocenters. The summed E-state index contributed by atoms with van der Waals surface area (Å²) < 4.78 is 12.9. The van der Waals surface area contributed by atoms with Crippen molar-refractivity contribution < 1.29 is 9.26 Å². The van der Waals surface area contributed by atoms with Crippen molar-refractivity contribution in [2.75, 3.05) is 13.2 Å². The highest BCUT2D eigenvalue weighted by Crippen LogP contribution is 2.27. The molecule has 114 valence electrons. The lowest BCUT2D eigenvalue weighted by Gasteiger charge is -2.02. The molecule has 1 saturated heterocycles. The monoisotopic (exact) mass is 298 g/mol. The summed E-state index contributed by atoms with van der Waals surface area (Å²) in [6.45, 7) is 4.55. The Morgan fingerprint density at radius 3 is 3.14 bits per heavy atom. The largest absolute Gasteiger partial charge is 0.381 e. The third-order valence-corrected chi connectivity index (χ3v) is 4.06. The molecule has 0 aliphatic carbocycles. The lowest BCUT2D eigenvalue weighted by Crippen LogP contribution is -1.97. The number of fused-ring (bicyclic) bond motifs is 1. The normalized spacial score (nSPS) is 18.3. The first-order valence-electron chi connectivity index (χ1n) is 7.72. The van der Waals surface area contributed by atoms with Gasteiger partial charge in [-0.3, -0.25) is 0 Å². The summed E-state index contributed by atoms with van der Waals surface area (Å²) in [6, 6.07) is 6.08. The van der Waals surface area contributed by atoms with Crippen molar-refractivity contribution in [2.45, 2.75) is 32.2 Å². The highest BCUT2D eigenvalue weighted by molar-refractivity contribution is 5.80. The number of nitrogens with zero attached hydrogens (tertiary/aromatic N) is 4. The molecule has 1 aliphatic rings. The molecule has 1 aromatic carbocycles. The topological polar surface area (TPSA) is 66.0 Å². The van der Waals surface area contributed by atoms with Gasteiger partial charge in [-0.1, -0.05) is 12.1 Å². The number of hydrogen-bond acceptors (Lipinski definition) is 5. The Kier molecular flexibility index (Phi) is 3.38. The molecule has 0 spiro atoms. The Hall–Kier alpha value is -2.21. The van der Waals surface area contributed by atoms with Crippen molar-refractivity contribution in [3.8, 4) is 11.4 Å². The SMILES string of the molecule is CCCn1cnc2ccc(-c3noc([C@H]4CCOC4)n3)cc21. The van der Waals surface area contributed by atoms with Crippen LogP contribution in [0.3, 0.4) is 0 Å². The van der Waals surface area contributed by atoms with Crippen LogP contribution in [0.5, 0.6) is 0 Å². The number of hydrogen-bond donors (Lipinski definition) is 0. The predicted molar refractivity (Wildman–Crippen MR) is 81.5 cm³/mol. The van der Waals surface area contributed by atoms with E-state index in [1.54, 1.807) is 0 Å². The van der Waals surface area contributed by atoms with E-state index in [2.05, 4.69) is 32.7 Å². The fraction of sp³-hybridized carbons (Fsp3) is 0.438. The zero-order valence-corrected chi connectivity index (χ0v) is 12.5. The van der Waals surface area contributed by atoms with Crippen molar-refractivity contribution in [3.63, 3.8) is 0 Å². The molecule has 0 saturated carbocycles. The van der Waals surface area contributed by atoms with Gasteiger partial charge in [-0.25, -0.2) is 4.98 Å². The minimum absolute atomic E-state index is 0.232. The van der Waals surface area contributed by atoms with E-state index in [0.29, 0.717) is 18.3 Å². The molecule has 1 aliphatic heterocycles. The zero-order chi connectivity index (χ0) is 14.9. The second kappa shape index (κ2) is 5.53. The summed E-state index contributed by atoms with van der Waals surface area (Å²) in [7, 11) is 0. The first-order chi connectivity index (χ1) is 10.8. The maximum absolute atomic E-state index is 5.41. The molecule has 0 radical (unpaired) electrons. The maximum Gasteiger partial charge on any atom is 0.232 e. The summed E-state index contributed by atoms with van der Waals surface area (Å²) in [5.41, 5.74) is 3.05. The summed E-state index contributed by atoms with van der Waals surface area (Å²) in [5.74, 6) is 1.54. The van der Waals surface area contributed by atoms with E-state index >= 15 is 0 Å². The smallest absolute Gasteiger partial charge is 0.232 e. The highest BCUT2D eigenvalue weighted by Gasteiger charge is 2.24. The fourth-order valence-electron chi connectivity index (χ4n) is 2.86. The van der Waals surface area contributed by atoms with Crippen LogP contribution in [0.2, 0.25) is 0 Å². The first kappa shape index (κ1) is 13.5. The highest BCUT2D eigenvalue weighted by atomic mass is 16.5. The van der Waals surface area contributed by atoms with Crippen molar-refractivity contribution >= 4 is 11.0 Å². The van der Waals surface area contributed by atoms with Crippen molar-refractivity contribution in [1.29, 1.82) is 0 Å². The molecule has 0 unspecified atom stereocenters. The van der Waals surface area contributed by atoms with Crippen LogP contribution in [-0.4, -0.2) is 32.9 Å². The second-order valence-electron chi connectivity index (χ2n) is 5.66. The van der Waals surface area contributed by atoms with Gasteiger partial charge < -0.3 is 13.8 Å². The summed E-state index contributed by atoms with van der Waals surface area (Å²) in [4.78, 5) is 8.96. The number of imidazole rings is 1. The minimum Gasteiger partial charge on any atom is -0.381 e. The van der Waals surface area contributed by atoms with Gasteiger partial charge in [0.05, 0.1) is 29.9 Å². The summed E-state index contributed by atoms with van der Waals surface area (Å²) in [5, 5.41) is 4.13. The summed E-state index contributed by atoms with van der Waals surface area (Å²) >= 11 is 0. The van der Waals surface area contributed by atoms with Gasteiger partial charge in [-0.05, 0) is 31.0 Å².